The van der Waals surface area contributed by atoms with Crippen LogP contribution >= 0.6 is 11.3 Å². The van der Waals surface area contributed by atoms with Gasteiger partial charge in [-0.15, -0.1) is 0 Å². The summed E-state index contributed by atoms with van der Waals surface area (Å²) in [7, 11) is 6.66. The number of nitrogens with zero attached hydrogens (tertiary/aromatic N) is 1. The summed E-state index contributed by atoms with van der Waals surface area (Å²) in [5, 5.41) is 0. The summed E-state index contributed by atoms with van der Waals surface area (Å²) in [4.78, 5) is 1.27. The van der Waals surface area contributed by atoms with E-state index in [4.69, 9.17) is 18.9 Å². The minimum absolute atomic E-state index is 0. The van der Waals surface area contributed by atoms with Gasteiger partial charge < -0.3 is 31.4 Å². The van der Waals surface area contributed by atoms with Crippen molar-refractivity contribution < 1.29 is 35.9 Å². The Balaban J connectivity index is 0.00000324. The molecule has 7 heteroatoms. The van der Waals surface area contributed by atoms with Gasteiger partial charge in [0.15, 0.2) is 5.69 Å². The van der Waals surface area contributed by atoms with E-state index in [1.54, 1.807) is 39.8 Å². The number of halogens is 1. The lowest BCUT2D eigenvalue weighted by molar-refractivity contribution is -0.596. The summed E-state index contributed by atoms with van der Waals surface area (Å²) in [6.45, 7) is 4.28. The number of benzene rings is 3. The predicted molar refractivity (Wildman–Crippen MR) is 132 cm³/mol. The highest BCUT2D eigenvalue weighted by atomic mass is 35.5. The number of para-hydroxylation sites is 1. The average molecular weight is 498 g/mol. The van der Waals surface area contributed by atoms with Crippen LogP contribution in [0, 0.1) is 13.8 Å². The minimum Gasteiger partial charge on any atom is -1.00 e. The van der Waals surface area contributed by atoms with E-state index in [1.165, 1.54) is 10.6 Å². The number of aryl methyl sites for hydroxylation is 1. The fourth-order valence-corrected chi connectivity index (χ4v) is 4.68. The Kier molecular flexibility index (Phi) is 8.07. The van der Waals surface area contributed by atoms with Gasteiger partial charge in [0.1, 0.15) is 23.0 Å². The molecule has 0 fully saturated rings. The largest absolute Gasteiger partial charge is 1.00 e. The van der Waals surface area contributed by atoms with Crippen molar-refractivity contribution in [1.29, 1.82) is 0 Å². The maximum absolute atomic E-state index is 5.55. The van der Waals surface area contributed by atoms with Crippen molar-refractivity contribution in [3.05, 3.63) is 70.7 Å². The van der Waals surface area contributed by atoms with E-state index < -0.39 is 0 Å². The normalized spacial score (nSPS) is 10.4. The van der Waals surface area contributed by atoms with Gasteiger partial charge >= 0.3 is 0 Å². The molecule has 0 aliphatic rings. The molecule has 0 aliphatic heterocycles. The van der Waals surface area contributed by atoms with E-state index in [0.29, 0.717) is 0 Å². The van der Waals surface area contributed by atoms with E-state index >= 15 is 0 Å². The molecule has 0 amide bonds. The molecule has 0 saturated heterocycles. The fourth-order valence-electron chi connectivity index (χ4n) is 3.88. The van der Waals surface area contributed by atoms with Crippen molar-refractivity contribution in [1.82, 2.24) is 0 Å². The summed E-state index contributed by atoms with van der Waals surface area (Å²) in [5.74, 6) is 2.97. The van der Waals surface area contributed by atoms with E-state index in [-0.39, 0.29) is 12.4 Å². The van der Waals surface area contributed by atoms with Crippen LogP contribution in [-0.4, -0.2) is 28.4 Å². The maximum atomic E-state index is 5.55. The first-order valence-corrected chi connectivity index (χ1v) is 11.4. The number of hydrogen-bond donors (Lipinski definition) is 0. The molecule has 0 unspecified atom stereocenters. The number of hydrogen-bond acceptors (Lipinski definition) is 5. The van der Waals surface area contributed by atoms with Crippen molar-refractivity contribution in [2.45, 2.75) is 13.8 Å². The van der Waals surface area contributed by atoms with Crippen LogP contribution in [0.2, 0.25) is 0 Å². The van der Waals surface area contributed by atoms with Crippen LogP contribution in [0.5, 0.6) is 23.0 Å². The summed E-state index contributed by atoms with van der Waals surface area (Å²) in [6.07, 6.45) is 0. The van der Waals surface area contributed by atoms with Gasteiger partial charge in [0.05, 0.1) is 44.4 Å². The third-order valence-corrected chi connectivity index (χ3v) is 6.77. The Morgan fingerprint density at radius 1 is 0.647 bits per heavy atom. The second-order valence-electron chi connectivity index (χ2n) is 7.64. The van der Waals surface area contributed by atoms with Crippen molar-refractivity contribution >= 4 is 11.3 Å². The molecule has 0 atom stereocenters. The van der Waals surface area contributed by atoms with Gasteiger partial charge in [-0.05, 0) is 54.4 Å². The average Bonchev–Trinajstić information content (AvgIpc) is 3.20. The molecule has 0 spiro atoms. The number of aromatic nitrogens is 1. The number of methoxy groups -OCH3 is 4. The van der Waals surface area contributed by atoms with Crippen molar-refractivity contribution in [3.8, 4) is 50.9 Å². The molecule has 34 heavy (non-hydrogen) atoms. The molecular weight excluding hydrogens is 470 g/mol. The van der Waals surface area contributed by atoms with Crippen molar-refractivity contribution in [2.75, 3.05) is 28.4 Å². The molecule has 0 saturated carbocycles. The SMILES string of the molecule is COc1cc(OC)cc(-c2cccc(-c3cc(OC)cc(OC)c3)c2-[n+]2csc(C)c2C)c1.[Cl-]. The van der Waals surface area contributed by atoms with Gasteiger partial charge in [0.2, 0.25) is 11.2 Å². The number of ether oxygens (including phenoxy) is 4. The fraction of sp³-hybridized carbons (Fsp3) is 0.222. The van der Waals surface area contributed by atoms with E-state index in [1.807, 2.05) is 36.4 Å². The zero-order chi connectivity index (χ0) is 23.5. The Labute approximate surface area is 210 Å². The standard InChI is InChI=1S/C27H28NO4S.ClH/c1-17-18(2)33-16-28(17)27-25(19-10-21(29-3)14-22(11-19)30-4)8-7-9-26(27)20-12-23(31-5)15-24(13-20)32-6;/h7-16H,1-6H3;1H/q+1;/p-1. The smallest absolute Gasteiger partial charge is 0.231 e. The molecule has 4 rings (SSSR count). The molecule has 0 aliphatic carbocycles. The molecule has 178 valence electrons. The topological polar surface area (TPSA) is 40.8 Å². The summed E-state index contributed by atoms with van der Waals surface area (Å²) >= 11 is 1.73. The van der Waals surface area contributed by atoms with Gasteiger partial charge in [-0.25, -0.2) is 0 Å². The molecule has 3 aromatic carbocycles. The molecule has 4 aromatic rings. The molecule has 0 radical (unpaired) electrons. The lowest BCUT2D eigenvalue weighted by Crippen LogP contribution is -3.00. The zero-order valence-electron chi connectivity index (χ0n) is 20.1. The Hall–Kier alpha value is -3.22. The molecule has 0 bridgehead atoms. The molecule has 0 N–H and O–H groups in total. The Bertz CT molecular complexity index is 1180. The first-order valence-electron chi connectivity index (χ1n) is 10.6. The lowest BCUT2D eigenvalue weighted by atomic mass is 9.95. The molecule has 1 aromatic heterocycles. The van der Waals surface area contributed by atoms with Crippen LogP contribution < -0.4 is 35.9 Å². The van der Waals surface area contributed by atoms with Gasteiger partial charge in [-0.1, -0.05) is 17.4 Å². The summed E-state index contributed by atoms with van der Waals surface area (Å²) in [5.41, 5.74) is 8.57. The van der Waals surface area contributed by atoms with E-state index in [9.17, 15) is 0 Å². The van der Waals surface area contributed by atoms with Gasteiger partial charge in [-0.2, -0.15) is 4.57 Å². The molecule has 5 nitrogen and oxygen atoms in total. The van der Waals surface area contributed by atoms with Crippen LogP contribution in [0.15, 0.2) is 60.1 Å². The molecular formula is C27H28ClNO4S. The van der Waals surface area contributed by atoms with Gasteiger partial charge in [0, 0.05) is 19.1 Å². The van der Waals surface area contributed by atoms with Crippen LogP contribution in [0.25, 0.3) is 27.9 Å². The number of rotatable bonds is 7. The van der Waals surface area contributed by atoms with Gasteiger partial charge in [-0.3, -0.25) is 0 Å². The van der Waals surface area contributed by atoms with Crippen molar-refractivity contribution in [3.63, 3.8) is 0 Å². The van der Waals surface area contributed by atoms with Gasteiger partial charge in [0.25, 0.3) is 0 Å². The third kappa shape index (κ3) is 4.83. The van der Waals surface area contributed by atoms with E-state index in [0.717, 1.165) is 50.9 Å². The Morgan fingerprint density at radius 2 is 1.06 bits per heavy atom. The second-order valence-corrected chi connectivity index (χ2v) is 8.70. The highest BCUT2D eigenvalue weighted by Gasteiger charge is 2.26. The van der Waals surface area contributed by atoms with Crippen LogP contribution in [-0.2, 0) is 0 Å². The highest BCUT2D eigenvalue weighted by molar-refractivity contribution is 7.09. The Morgan fingerprint density at radius 3 is 1.38 bits per heavy atom. The zero-order valence-corrected chi connectivity index (χ0v) is 21.7. The van der Waals surface area contributed by atoms with Crippen molar-refractivity contribution in [2.24, 2.45) is 0 Å². The molecule has 1 heterocycles. The van der Waals surface area contributed by atoms with Crippen LogP contribution in [0.4, 0.5) is 0 Å². The summed E-state index contributed by atoms with van der Waals surface area (Å²) < 4.78 is 24.5. The predicted octanol–water partition coefficient (Wildman–Crippen LogP) is 3.01. The lowest BCUT2D eigenvalue weighted by Gasteiger charge is -2.14. The summed E-state index contributed by atoms with van der Waals surface area (Å²) in [6, 6.07) is 18.2. The monoisotopic (exact) mass is 497 g/mol. The van der Waals surface area contributed by atoms with E-state index in [2.05, 4.69) is 42.1 Å². The first-order chi connectivity index (χ1) is 16.0. The second kappa shape index (κ2) is 10.8. The minimum atomic E-state index is 0. The first kappa shape index (κ1) is 25.4. The quantitative estimate of drug-likeness (QED) is 0.368. The van der Waals surface area contributed by atoms with Crippen LogP contribution in [0.3, 0.4) is 0 Å². The highest BCUT2D eigenvalue weighted by Crippen LogP contribution is 2.39. The van der Waals surface area contributed by atoms with Crippen LogP contribution in [0.1, 0.15) is 10.6 Å². The maximum Gasteiger partial charge on any atom is 0.231 e. The number of thiazole rings is 1. The third-order valence-electron chi connectivity index (χ3n) is 5.81.